The Morgan fingerprint density at radius 1 is 1.40 bits per heavy atom. The van der Waals surface area contributed by atoms with Crippen LogP contribution in [0.4, 0.5) is 0 Å². The van der Waals surface area contributed by atoms with Crippen molar-refractivity contribution in [1.82, 2.24) is 5.32 Å². The summed E-state index contributed by atoms with van der Waals surface area (Å²) in [5.41, 5.74) is 0. The number of hydrogen-bond donors (Lipinski definition) is 1. The fraction of sp³-hybridized carbons (Fsp3) is 0.636. The zero-order valence-electron chi connectivity index (χ0n) is 9.09. The first-order valence-corrected chi connectivity index (χ1v) is 6.55. The molecule has 15 heavy (non-hydrogen) atoms. The molecule has 1 aromatic heterocycles. The molecule has 1 heterocycles. The van der Waals surface area contributed by atoms with Crippen LogP contribution in [0, 0.1) is 0 Å². The summed E-state index contributed by atoms with van der Waals surface area (Å²) in [6.45, 7) is 5.69. The van der Waals surface area contributed by atoms with Crippen LogP contribution in [0.5, 0.6) is 0 Å². The Morgan fingerprint density at radius 2 is 2.27 bits per heavy atom. The fourth-order valence-corrected chi connectivity index (χ4v) is 2.31. The summed E-state index contributed by atoms with van der Waals surface area (Å²) in [6.07, 6.45) is 2.30. The molecule has 4 heteroatoms. The second kappa shape index (κ2) is 8.11. The van der Waals surface area contributed by atoms with E-state index >= 15 is 0 Å². The van der Waals surface area contributed by atoms with Crippen LogP contribution in [-0.2, 0) is 11.3 Å². The molecular weight excluding hydrogens is 230 g/mol. The predicted octanol–water partition coefficient (Wildman–Crippen LogP) is 3.31. The standard InChI is InChI=1S/C11H18ClNOS/c1-2-14-8-4-3-7-13-9-10-5-6-11(12)15-10/h5-6,13H,2-4,7-9H2,1H3. The maximum atomic E-state index is 5.83. The van der Waals surface area contributed by atoms with Gasteiger partial charge in [-0.1, -0.05) is 11.6 Å². The molecule has 0 aromatic carbocycles. The topological polar surface area (TPSA) is 21.3 Å². The third kappa shape index (κ3) is 6.15. The molecular formula is C11H18ClNOS. The van der Waals surface area contributed by atoms with Crippen LogP contribution >= 0.6 is 22.9 Å². The van der Waals surface area contributed by atoms with Gasteiger partial charge in [0.15, 0.2) is 0 Å². The summed E-state index contributed by atoms with van der Waals surface area (Å²) >= 11 is 7.47. The average Bonchev–Trinajstić information content (AvgIpc) is 2.63. The van der Waals surface area contributed by atoms with Crippen LogP contribution in [-0.4, -0.2) is 19.8 Å². The van der Waals surface area contributed by atoms with Crippen molar-refractivity contribution in [2.75, 3.05) is 19.8 Å². The van der Waals surface area contributed by atoms with E-state index in [1.165, 1.54) is 11.3 Å². The minimum Gasteiger partial charge on any atom is -0.382 e. The maximum absolute atomic E-state index is 5.83. The van der Waals surface area contributed by atoms with E-state index in [-0.39, 0.29) is 0 Å². The molecule has 0 bridgehead atoms. The summed E-state index contributed by atoms with van der Waals surface area (Å²) in [6, 6.07) is 4.01. The Bertz CT molecular complexity index is 265. The van der Waals surface area contributed by atoms with Crippen LogP contribution in [0.15, 0.2) is 12.1 Å². The van der Waals surface area contributed by atoms with Crippen molar-refractivity contribution in [3.05, 3.63) is 21.3 Å². The Labute approximate surface area is 101 Å². The van der Waals surface area contributed by atoms with Gasteiger partial charge < -0.3 is 10.1 Å². The Kier molecular flexibility index (Phi) is 7.01. The van der Waals surface area contributed by atoms with Gasteiger partial charge in [-0.3, -0.25) is 0 Å². The van der Waals surface area contributed by atoms with Crippen molar-refractivity contribution in [3.63, 3.8) is 0 Å². The molecule has 1 aromatic rings. The van der Waals surface area contributed by atoms with Gasteiger partial charge in [-0.2, -0.15) is 0 Å². The monoisotopic (exact) mass is 247 g/mol. The molecule has 0 aliphatic rings. The summed E-state index contributed by atoms with van der Waals surface area (Å²) < 4.78 is 6.12. The van der Waals surface area contributed by atoms with Crippen LogP contribution in [0.25, 0.3) is 0 Å². The number of thiophene rings is 1. The molecule has 2 nitrogen and oxygen atoms in total. The highest BCUT2D eigenvalue weighted by atomic mass is 35.5. The van der Waals surface area contributed by atoms with Crippen molar-refractivity contribution >= 4 is 22.9 Å². The summed E-state index contributed by atoms with van der Waals surface area (Å²) in [5, 5.41) is 3.39. The molecule has 0 aliphatic heterocycles. The fourth-order valence-electron chi connectivity index (χ4n) is 1.26. The zero-order valence-corrected chi connectivity index (χ0v) is 10.7. The molecule has 0 spiro atoms. The first kappa shape index (κ1) is 13.0. The van der Waals surface area contributed by atoms with Gasteiger partial charge in [0.25, 0.3) is 0 Å². The minimum absolute atomic E-state index is 0.821. The highest BCUT2D eigenvalue weighted by molar-refractivity contribution is 7.16. The van der Waals surface area contributed by atoms with E-state index in [2.05, 4.69) is 11.4 Å². The van der Waals surface area contributed by atoms with Crippen LogP contribution in [0.1, 0.15) is 24.6 Å². The number of ether oxygens (including phenoxy) is 1. The maximum Gasteiger partial charge on any atom is 0.0931 e. The number of halogens is 1. The Morgan fingerprint density at radius 3 is 2.93 bits per heavy atom. The zero-order chi connectivity index (χ0) is 10.9. The predicted molar refractivity (Wildman–Crippen MR) is 66.8 cm³/mol. The van der Waals surface area contributed by atoms with Crippen LogP contribution < -0.4 is 5.32 Å². The third-order valence-electron chi connectivity index (χ3n) is 2.02. The SMILES string of the molecule is CCOCCCCNCc1ccc(Cl)s1. The van der Waals surface area contributed by atoms with Crippen molar-refractivity contribution in [2.45, 2.75) is 26.3 Å². The molecule has 0 fully saturated rings. The molecule has 0 saturated carbocycles. The molecule has 1 rings (SSSR count). The Balaban J connectivity index is 1.93. The van der Waals surface area contributed by atoms with Gasteiger partial charge in [0, 0.05) is 24.6 Å². The third-order valence-corrected chi connectivity index (χ3v) is 3.26. The smallest absolute Gasteiger partial charge is 0.0931 e. The molecule has 0 radical (unpaired) electrons. The highest BCUT2D eigenvalue weighted by Gasteiger charge is 1.96. The lowest BCUT2D eigenvalue weighted by atomic mass is 10.3. The quantitative estimate of drug-likeness (QED) is 0.712. The van der Waals surface area contributed by atoms with Gasteiger partial charge in [0.1, 0.15) is 0 Å². The number of unbranched alkanes of at least 4 members (excludes halogenated alkanes) is 1. The first-order chi connectivity index (χ1) is 7.33. The van der Waals surface area contributed by atoms with Gasteiger partial charge in [-0.25, -0.2) is 0 Å². The lowest BCUT2D eigenvalue weighted by Gasteiger charge is -2.03. The van der Waals surface area contributed by atoms with E-state index in [9.17, 15) is 0 Å². The second-order valence-electron chi connectivity index (χ2n) is 3.29. The van der Waals surface area contributed by atoms with Gasteiger partial charge in [0.05, 0.1) is 4.34 Å². The van der Waals surface area contributed by atoms with Crippen molar-refractivity contribution in [2.24, 2.45) is 0 Å². The van der Waals surface area contributed by atoms with E-state index < -0.39 is 0 Å². The van der Waals surface area contributed by atoms with E-state index in [1.807, 2.05) is 13.0 Å². The van der Waals surface area contributed by atoms with Gasteiger partial charge in [-0.15, -0.1) is 11.3 Å². The molecule has 0 amide bonds. The summed E-state index contributed by atoms with van der Waals surface area (Å²) in [4.78, 5) is 1.30. The second-order valence-corrected chi connectivity index (χ2v) is 5.09. The largest absolute Gasteiger partial charge is 0.382 e. The van der Waals surface area contributed by atoms with Crippen molar-refractivity contribution in [3.8, 4) is 0 Å². The van der Waals surface area contributed by atoms with E-state index in [0.29, 0.717) is 0 Å². The van der Waals surface area contributed by atoms with Crippen LogP contribution in [0.2, 0.25) is 4.34 Å². The molecule has 0 saturated heterocycles. The van der Waals surface area contributed by atoms with Gasteiger partial charge >= 0.3 is 0 Å². The number of hydrogen-bond acceptors (Lipinski definition) is 3. The van der Waals surface area contributed by atoms with E-state index in [1.54, 1.807) is 11.3 Å². The lowest BCUT2D eigenvalue weighted by molar-refractivity contribution is 0.143. The molecule has 0 atom stereocenters. The molecule has 1 N–H and O–H groups in total. The molecule has 0 aliphatic carbocycles. The van der Waals surface area contributed by atoms with E-state index in [4.69, 9.17) is 16.3 Å². The number of rotatable bonds is 8. The highest BCUT2D eigenvalue weighted by Crippen LogP contribution is 2.20. The van der Waals surface area contributed by atoms with Crippen LogP contribution in [0.3, 0.4) is 0 Å². The molecule has 86 valence electrons. The van der Waals surface area contributed by atoms with Crippen molar-refractivity contribution < 1.29 is 4.74 Å². The summed E-state index contributed by atoms with van der Waals surface area (Å²) in [5.74, 6) is 0. The Hall–Kier alpha value is -0.0900. The lowest BCUT2D eigenvalue weighted by Crippen LogP contribution is -2.14. The van der Waals surface area contributed by atoms with Gasteiger partial charge in [0.2, 0.25) is 0 Å². The minimum atomic E-state index is 0.821. The normalized spacial score (nSPS) is 10.8. The average molecular weight is 248 g/mol. The summed E-state index contributed by atoms with van der Waals surface area (Å²) in [7, 11) is 0. The van der Waals surface area contributed by atoms with E-state index in [0.717, 1.165) is 37.1 Å². The van der Waals surface area contributed by atoms with Crippen molar-refractivity contribution in [1.29, 1.82) is 0 Å². The first-order valence-electron chi connectivity index (χ1n) is 5.35. The number of nitrogens with one attached hydrogen (secondary N) is 1. The van der Waals surface area contributed by atoms with Gasteiger partial charge in [-0.05, 0) is 38.4 Å². The molecule has 0 unspecified atom stereocenters.